The first-order chi connectivity index (χ1) is 16.5. The van der Waals surface area contributed by atoms with Gasteiger partial charge < -0.3 is 20.2 Å². The lowest BCUT2D eigenvalue weighted by atomic mass is 9.89. The van der Waals surface area contributed by atoms with Crippen LogP contribution in [0.15, 0.2) is 60.8 Å². The molecule has 0 bridgehead atoms. The molecule has 1 aromatic heterocycles. The Bertz CT molecular complexity index is 1130. The fraction of sp³-hybridized carbons (Fsp3) is 0.370. The minimum Gasteiger partial charge on any atom is -0.465 e. The standard InChI is InChI=1S/C27H31N5O2/c1-31(2)25-15-16-28-26(30-25)29-18-11-13-19(14-12-18)32(27(33)34)17-24-22-9-5-3-7-20(22)21-8-4-6-10-23(21)24/h3-10,15-16,18-19,24H,11-14,17H2,1-2H3,(H,33,34)(H,28,29,30)/t18-,19+. The van der Waals surface area contributed by atoms with Crippen molar-refractivity contribution in [2.75, 3.05) is 30.9 Å². The Kier molecular flexibility index (Phi) is 6.09. The molecule has 0 atom stereocenters. The van der Waals surface area contributed by atoms with Crippen LogP contribution >= 0.6 is 0 Å². The summed E-state index contributed by atoms with van der Waals surface area (Å²) >= 11 is 0. The van der Waals surface area contributed by atoms with Crippen LogP contribution in [-0.4, -0.2) is 58.8 Å². The van der Waals surface area contributed by atoms with Gasteiger partial charge in [-0.05, 0) is 54.0 Å². The molecule has 7 nitrogen and oxygen atoms in total. The topological polar surface area (TPSA) is 81.6 Å². The highest BCUT2D eigenvalue weighted by atomic mass is 16.4. The summed E-state index contributed by atoms with van der Waals surface area (Å²) in [6.07, 6.45) is 4.37. The Morgan fingerprint density at radius 3 is 2.18 bits per heavy atom. The molecule has 0 unspecified atom stereocenters. The van der Waals surface area contributed by atoms with E-state index in [9.17, 15) is 9.90 Å². The highest BCUT2D eigenvalue weighted by Gasteiger charge is 2.35. The van der Waals surface area contributed by atoms with Gasteiger partial charge >= 0.3 is 6.09 Å². The molecule has 1 heterocycles. The average Bonchev–Trinajstić information content (AvgIpc) is 3.17. The molecule has 0 radical (unpaired) electrons. The maximum absolute atomic E-state index is 12.4. The fourth-order valence-electron chi connectivity index (χ4n) is 5.42. The molecule has 176 valence electrons. The first-order valence-electron chi connectivity index (χ1n) is 12.0. The van der Waals surface area contributed by atoms with Crippen molar-refractivity contribution >= 4 is 17.9 Å². The molecule has 1 amide bonds. The summed E-state index contributed by atoms with van der Waals surface area (Å²) in [5.74, 6) is 1.56. The van der Waals surface area contributed by atoms with Gasteiger partial charge in [-0.25, -0.2) is 9.78 Å². The zero-order valence-corrected chi connectivity index (χ0v) is 19.7. The van der Waals surface area contributed by atoms with Crippen molar-refractivity contribution in [2.24, 2.45) is 0 Å². The van der Waals surface area contributed by atoms with Crippen LogP contribution < -0.4 is 10.2 Å². The number of hydrogen-bond donors (Lipinski definition) is 2. The highest BCUT2D eigenvalue weighted by molar-refractivity contribution is 5.79. The SMILES string of the molecule is CN(C)c1ccnc(N[C@H]2CC[C@@H](N(CC3c4ccccc4-c4ccccc43)C(=O)O)CC2)n1. The van der Waals surface area contributed by atoms with Crippen LogP contribution in [0, 0.1) is 0 Å². The van der Waals surface area contributed by atoms with Gasteiger partial charge in [-0.3, -0.25) is 0 Å². The maximum Gasteiger partial charge on any atom is 0.407 e. The van der Waals surface area contributed by atoms with Gasteiger partial charge in [0.1, 0.15) is 5.82 Å². The zero-order valence-electron chi connectivity index (χ0n) is 19.7. The summed E-state index contributed by atoms with van der Waals surface area (Å²) in [4.78, 5) is 24.9. The maximum atomic E-state index is 12.4. The molecule has 0 saturated heterocycles. The Morgan fingerprint density at radius 1 is 0.971 bits per heavy atom. The number of amides is 1. The van der Waals surface area contributed by atoms with Gasteiger partial charge in [0.15, 0.2) is 0 Å². The quantitative estimate of drug-likeness (QED) is 0.539. The molecule has 2 aliphatic carbocycles. The largest absolute Gasteiger partial charge is 0.465 e. The van der Waals surface area contributed by atoms with Crippen LogP contribution in [0.4, 0.5) is 16.6 Å². The minimum atomic E-state index is -0.833. The van der Waals surface area contributed by atoms with Crippen molar-refractivity contribution in [1.29, 1.82) is 0 Å². The number of benzene rings is 2. The molecule has 2 aromatic carbocycles. The zero-order chi connectivity index (χ0) is 23.7. The summed E-state index contributed by atoms with van der Waals surface area (Å²) in [5, 5.41) is 13.6. The van der Waals surface area contributed by atoms with E-state index in [0.29, 0.717) is 12.5 Å². The third kappa shape index (κ3) is 4.30. The molecule has 0 aliphatic heterocycles. The van der Waals surface area contributed by atoms with Gasteiger partial charge in [0.05, 0.1) is 0 Å². The van der Waals surface area contributed by atoms with Crippen LogP contribution in [-0.2, 0) is 0 Å². The van der Waals surface area contributed by atoms with E-state index in [4.69, 9.17) is 0 Å². The molecular weight excluding hydrogens is 426 g/mol. The first kappa shape index (κ1) is 22.2. The van der Waals surface area contributed by atoms with Gasteiger partial charge in [0.2, 0.25) is 5.95 Å². The van der Waals surface area contributed by atoms with Crippen LogP contribution in [0.25, 0.3) is 11.1 Å². The Balaban J connectivity index is 1.27. The summed E-state index contributed by atoms with van der Waals surface area (Å²) in [5.41, 5.74) is 4.90. The number of rotatable bonds is 6. The van der Waals surface area contributed by atoms with Crippen LogP contribution in [0.3, 0.4) is 0 Å². The summed E-state index contributed by atoms with van der Waals surface area (Å²) in [7, 11) is 3.91. The predicted octanol–water partition coefficient (Wildman–Crippen LogP) is 5.06. The van der Waals surface area contributed by atoms with Crippen LogP contribution in [0.5, 0.6) is 0 Å². The minimum absolute atomic E-state index is 0.0181. The molecule has 0 spiro atoms. The van der Waals surface area contributed by atoms with E-state index >= 15 is 0 Å². The molecule has 34 heavy (non-hydrogen) atoms. The van der Waals surface area contributed by atoms with Gasteiger partial charge in [-0.15, -0.1) is 0 Å². The van der Waals surface area contributed by atoms with Gasteiger partial charge in [-0.1, -0.05) is 48.5 Å². The molecule has 2 N–H and O–H groups in total. The number of nitrogens with zero attached hydrogens (tertiary/aromatic N) is 4. The Labute approximate surface area is 200 Å². The number of nitrogens with one attached hydrogen (secondary N) is 1. The molecule has 2 aliphatic rings. The van der Waals surface area contributed by atoms with Crippen molar-refractivity contribution in [3.8, 4) is 11.1 Å². The number of carbonyl (C=O) groups is 1. The smallest absolute Gasteiger partial charge is 0.407 e. The van der Waals surface area contributed by atoms with E-state index in [2.05, 4.69) is 51.7 Å². The van der Waals surface area contributed by atoms with E-state index in [1.54, 1.807) is 11.1 Å². The lowest BCUT2D eigenvalue weighted by Gasteiger charge is -2.37. The molecular formula is C27H31N5O2. The van der Waals surface area contributed by atoms with Crippen molar-refractivity contribution < 1.29 is 9.90 Å². The van der Waals surface area contributed by atoms with Crippen LogP contribution in [0.2, 0.25) is 0 Å². The lowest BCUT2D eigenvalue weighted by Crippen LogP contribution is -2.45. The Hall–Kier alpha value is -3.61. The number of fused-ring (bicyclic) bond motifs is 3. The predicted molar refractivity (Wildman–Crippen MR) is 134 cm³/mol. The molecule has 1 saturated carbocycles. The number of aromatic nitrogens is 2. The average molecular weight is 458 g/mol. The number of anilines is 2. The lowest BCUT2D eigenvalue weighted by molar-refractivity contribution is 0.108. The van der Waals surface area contributed by atoms with Gasteiger partial charge in [0.25, 0.3) is 0 Å². The van der Waals surface area contributed by atoms with E-state index in [1.807, 2.05) is 37.2 Å². The number of carboxylic acid groups (broad SMARTS) is 1. The van der Waals surface area contributed by atoms with E-state index in [1.165, 1.54) is 22.3 Å². The monoisotopic (exact) mass is 457 g/mol. The molecule has 1 fully saturated rings. The number of hydrogen-bond acceptors (Lipinski definition) is 5. The third-order valence-electron chi connectivity index (χ3n) is 7.16. The molecule has 3 aromatic rings. The second kappa shape index (κ2) is 9.33. The van der Waals surface area contributed by atoms with Crippen molar-refractivity contribution in [3.63, 3.8) is 0 Å². The van der Waals surface area contributed by atoms with E-state index < -0.39 is 6.09 Å². The normalized spacial score (nSPS) is 19.2. The van der Waals surface area contributed by atoms with E-state index in [0.717, 1.165) is 31.5 Å². The summed E-state index contributed by atoms with van der Waals surface area (Å²) in [6.45, 7) is 0.486. The van der Waals surface area contributed by atoms with Crippen molar-refractivity contribution in [1.82, 2.24) is 14.9 Å². The molecule has 7 heteroatoms. The second-order valence-corrected chi connectivity index (χ2v) is 9.44. The van der Waals surface area contributed by atoms with Crippen molar-refractivity contribution in [2.45, 2.75) is 43.7 Å². The third-order valence-corrected chi connectivity index (χ3v) is 7.16. The van der Waals surface area contributed by atoms with E-state index in [-0.39, 0.29) is 18.0 Å². The summed E-state index contributed by atoms with van der Waals surface area (Å²) in [6, 6.07) is 18.9. The van der Waals surface area contributed by atoms with Crippen molar-refractivity contribution in [3.05, 3.63) is 71.9 Å². The van der Waals surface area contributed by atoms with Gasteiger partial charge in [-0.2, -0.15) is 4.98 Å². The Morgan fingerprint density at radius 2 is 1.59 bits per heavy atom. The van der Waals surface area contributed by atoms with Gasteiger partial charge in [0, 0.05) is 44.8 Å². The fourth-order valence-corrected chi connectivity index (χ4v) is 5.42. The second-order valence-electron chi connectivity index (χ2n) is 9.44. The molecule has 5 rings (SSSR count). The first-order valence-corrected chi connectivity index (χ1v) is 12.0. The van der Waals surface area contributed by atoms with Crippen LogP contribution in [0.1, 0.15) is 42.7 Å². The summed E-state index contributed by atoms with van der Waals surface area (Å²) < 4.78 is 0. The highest BCUT2D eigenvalue weighted by Crippen LogP contribution is 2.45.